The van der Waals surface area contributed by atoms with E-state index < -0.39 is 0 Å². The van der Waals surface area contributed by atoms with Crippen molar-refractivity contribution in [2.75, 3.05) is 0 Å². The molecule has 0 amide bonds. The number of hydrogen-bond acceptors (Lipinski definition) is 0. The van der Waals surface area contributed by atoms with Gasteiger partial charge in [0.05, 0.1) is 0 Å². The molecule has 0 atom stereocenters. The first-order valence-electron chi connectivity index (χ1n) is 0.309. The van der Waals surface area contributed by atoms with E-state index in [4.69, 9.17) is 0 Å². The topological polar surface area (TPSA) is 0 Å². The summed E-state index contributed by atoms with van der Waals surface area (Å²) in [6, 6.07) is 0. The van der Waals surface area contributed by atoms with Gasteiger partial charge in [-0.25, -0.2) is 0 Å². The van der Waals surface area contributed by atoms with Crippen molar-refractivity contribution < 1.29 is 66.5 Å². The van der Waals surface area contributed by atoms with Crippen molar-refractivity contribution >= 4 is 0 Å². The van der Waals surface area contributed by atoms with Crippen molar-refractivity contribution in [3.8, 4) is 0 Å². The summed E-state index contributed by atoms with van der Waals surface area (Å²) in [4.78, 5) is 0. The van der Waals surface area contributed by atoms with Crippen LogP contribution in [0.25, 0.3) is 0 Å². The van der Waals surface area contributed by atoms with Crippen LogP contribution in [0.3, 0.4) is 0 Å². The van der Waals surface area contributed by atoms with Gasteiger partial charge in [0.25, 0.3) is 0 Å². The van der Waals surface area contributed by atoms with E-state index in [1.807, 2.05) is 32.5 Å². The van der Waals surface area contributed by atoms with Crippen LogP contribution in [0.15, 0.2) is 0 Å². The SMILES string of the molecule is [Re][W][Re].[W]. The fourth-order valence-corrected chi connectivity index (χ4v) is 0. The second-order valence-corrected chi connectivity index (χ2v) is 32.0. The summed E-state index contributed by atoms with van der Waals surface area (Å²) in [6.45, 7) is 0. The van der Waals surface area contributed by atoms with Crippen LogP contribution in [-0.2, 0) is 66.5 Å². The summed E-state index contributed by atoms with van der Waals surface area (Å²) in [5, 5.41) is 0. The molecule has 0 radical (unpaired) electrons. The Hall–Kier alpha value is 2.70. The number of hydrogen-bond donors (Lipinski definition) is 0. The molecule has 0 aliphatic heterocycles. The van der Waals surface area contributed by atoms with Crippen molar-refractivity contribution in [1.82, 2.24) is 0 Å². The maximum Gasteiger partial charge on any atom is 0 e. The summed E-state index contributed by atoms with van der Waals surface area (Å²) in [6.07, 6.45) is 0. The average molecular weight is 740 g/mol. The molecule has 26 valence electrons. The molecule has 0 N–H and O–H groups in total. The molecular formula is Re2W2. The van der Waals surface area contributed by atoms with Gasteiger partial charge < -0.3 is 0 Å². The zero-order chi connectivity index (χ0) is 2.71. The summed E-state index contributed by atoms with van der Waals surface area (Å²) in [5.74, 6) is 0. The Bertz CT molecular complexity index is 4.00. The Morgan fingerprint density at radius 2 is 1.25 bits per heavy atom. The third kappa shape index (κ3) is 8.83. The van der Waals surface area contributed by atoms with Crippen molar-refractivity contribution in [2.24, 2.45) is 0 Å². The van der Waals surface area contributed by atoms with Gasteiger partial charge in [0.1, 0.15) is 0 Å². The first-order chi connectivity index (χ1) is 1.41. The van der Waals surface area contributed by atoms with Crippen molar-refractivity contribution in [2.45, 2.75) is 0 Å². The maximum atomic E-state index is 2.01. The Labute approximate surface area is 65.2 Å². The minimum absolute atomic E-state index is 0. The van der Waals surface area contributed by atoms with E-state index in [-0.39, 0.29) is 21.1 Å². The van der Waals surface area contributed by atoms with Gasteiger partial charge in [-0.05, 0) is 0 Å². The van der Waals surface area contributed by atoms with Crippen molar-refractivity contribution in [1.29, 1.82) is 0 Å². The van der Waals surface area contributed by atoms with Crippen molar-refractivity contribution in [3.05, 3.63) is 0 Å². The Morgan fingerprint density at radius 3 is 1.25 bits per heavy atom. The minimum atomic E-state index is 0. The molecule has 0 aromatic carbocycles. The van der Waals surface area contributed by atoms with Crippen LogP contribution in [0.1, 0.15) is 0 Å². The van der Waals surface area contributed by atoms with Gasteiger partial charge in [-0.2, -0.15) is 0 Å². The molecule has 0 spiro atoms. The molecule has 4 heavy (non-hydrogen) atoms. The van der Waals surface area contributed by atoms with E-state index in [9.17, 15) is 0 Å². The zero-order valence-corrected chi connectivity index (χ0v) is 12.9. The molecule has 0 nitrogen and oxygen atoms in total. The molecule has 4 heteroatoms. The van der Waals surface area contributed by atoms with E-state index >= 15 is 0 Å². The second-order valence-electron chi connectivity index (χ2n) is 0.0583. The van der Waals surface area contributed by atoms with Crippen LogP contribution in [0, 0.1) is 0 Å². The van der Waals surface area contributed by atoms with E-state index in [2.05, 4.69) is 0 Å². The first-order valence-corrected chi connectivity index (χ1v) is 20.7. The summed E-state index contributed by atoms with van der Waals surface area (Å²) < 4.78 is 0. The molecule has 0 saturated heterocycles. The minimum Gasteiger partial charge on any atom is 0 e. The zero-order valence-electron chi connectivity index (χ0n) is 1.57. The van der Waals surface area contributed by atoms with E-state index in [1.54, 1.807) is 0 Å². The predicted molar refractivity (Wildman–Crippen MR) is 0 cm³/mol. The summed E-state index contributed by atoms with van der Waals surface area (Å²) >= 11 is 4.39. The molecule has 0 bridgehead atoms. The molecular weight excluding hydrogens is 740 g/mol. The quantitative estimate of drug-likeness (QED) is 0.329. The largest absolute Gasteiger partial charge is 0 e. The van der Waals surface area contributed by atoms with Gasteiger partial charge in [0, 0.05) is 21.1 Å². The van der Waals surface area contributed by atoms with Gasteiger partial charge in [-0.3, -0.25) is 0 Å². The van der Waals surface area contributed by atoms with Crippen LogP contribution < -0.4 is 0 Å². The molecule has 0 aliphatic carbocycles. The van der Waals surface area contributed by atoms with Crippen LogP contribution in [0.4, 0.5) is 0 Å². The molecule has 0 aliphatic rings. The third-order valence-corrected chi connectivity index (χ3v) is 0. The van der Waals surface area contributed by atoms with Gasteiger partial charge in [0.15, 0.2) is 0 Å². The van der Waals surface area contributed by atoms with Crippen LogP contribution in [0.2, 0.25) is 0 Å². The van der Waals surface area contributed by atoms with E-state index in [0.717, 1.165) is 0 Å². The van der Waals surface area contributed by atoms with Crippen molar-refractivity contribution in [3.63, 3.8) is 0 Å². The normalized spacial score (nSPS) is 4.50. The molecule has 0 unspecified atom stereocenters. The Balaban J connectivity index is 0. The Kier molecular flexibility index (Phi) is 22.7. The van der Waals surface area contributed by atoms with Gasteiger partial charge in [0.2, 0.25) is 0 Å². The van der Waals surface area contributed by atoms with Gasteiger partial charge in [-0.15, -0.1) is 0 Å². The molecule has 0 saturated carbocycles. The molecule has 0 heterocycles. The smallest absolute Gasteiger partial charge is 0 e. The Morgan fingerprint density at radius 1 is 1.25 bits per heavy atom. The van der Waals surface area contributed by atoms with E-state index in [1.165, 1.54) is 0 Å². The summed E-state index contributed by atoms with van der Waals surface area (Å²) in [5.41, 5.74) is 0. The third-order valence-electron chi connectivity index (χ3n) is 0. The fourth-order valence-electron chi connectivity index (χ4n) is 0. The van der Waals surface area contributed by atoms with Crippen LogP contribution in [-0.4, -0.2) is 0 Å². The van der Waals surface area contributed by atoms with Gasteiger partial charge in [-0.1, -0.05) is 0 Å². The van der Waals surface area contributed by atoms with Gasteiger partial charge >= 0.3 is 45.4 Å². The summed E-state index contributed by atoms with van der Waals surface area (Å²) in [7, 11) is 0. The molecule has 0 rings (SSSR count). The first kappa shape index (κ1) is 9.86. The van der Waals surface area contributed by atoms with Crippen LogP contribution in [0.5, 0.6) is 0 Å². The van der Waals surface area contributed by atoms with E-state index in [0.29, 0.717) is 12.9 Å². The fraction of sp³-hybridized carbons (Fsp3) is 0. The second kappa shape index (κ2) is 9.20. The average Bonchev–Trinajstić information content (AvgIpc) is 0.918. The standard InChI is InChI=1S/2Re.2W. The number of rotatable bonds is 0. The van der Waals surface area contributed by atoms with Crippen LogP contribution >= 0.6 is 0 Å². The molecule has 0 fully saturated rings. The maximum absolute atomic E-state index is 2.01. The molecule has 0 aromatic rings. The predicted octanol–water partition coefficient (Wildman–Crippen LogP) is -0.0100. The molecule has 0 aromatic heterocycles. The monoisotopic (exact) mass is 742 g/mol.